The van der Waals surface area contributed by atoms with Crippen molar-refractivity contribution >= 4 is 10.9 Å². The fourth-order valence-corrected chi connectivity index (χ4v) is 0.887. The van der Waals surface area contributed by atoms with Crippen molar-refractivity contribution in [2.24, 2.45) is 0 Å². The number of aromatic amines is 1. The monoisotopic (exact) mass is 137 g/mol. The first-order chi connectivity index (χ1) is 5.29. The highest BCUT2D eigenvalue weighted by Gasteiger charge is 2.00. The van der Waals surface area contributed by atoms with E-state index in [-0.39, 0.29) is 0 Å². The molecule has 2 aromatic rings. The van der Waals surface area contributed by atoms with Gasteiger partial charge >= 0.3 is 0 Å². The number of fused-ring (bicyclic) bond motifs is 1. The topological polar surface area (TPSA) is 28.7 Å². The zero-order chi connectivity index (χ0) is 7.84. The van der Waals surface area contributed by atoms with Crippen LogP contribution in [0, 0.1) is 5.95 Å². The third kappa shape index (κ3) is 0.603. The summed E-state index contributed by atoms with van der Waals surface area (Å²) >= 11 is 0. The highest BCUT2D eigenvalue weighted by Crippen LogP contribution is 2.12. The second-order valence-electron chi connectivity index (χ2n) is 2.01. The third-order valence-electron chi connectivity index (χ3n) is 1.37. The van der Waals surface area contributed by atoms with Gasteiger partial charge in [-0.3, -0.25) is 5.09 Å². The Labute approximate surface area is 58.1 Å². The van der Waals surface area contributed by atoms with Gasteiger partial charge < -0.3 is 0 Å². The normalized spacial score (nSPS) is 11.9. The summed E-state index contributed by atoms with van der Waals surface area (Å²) in [4.78, 5) is 0. The van der Waals surface area contributed by atoms with Crippen LogP contribution in [0.25, 0.3) is 10.9 Å². The average molecular weight is 137 g/mol. The minimum Gasteiger partial charge on any atom is -0.252 e. The van der Waals surface area contributed by atoms with E-state index in [1.54, 1.807) is 24.3 Å². The Hall–Kier alpha value is -1.38. The van der Waals surface area contributed by atoms with Crippen molar-refractivity contribution < 1.29 is 5.80 Å². The van der Waals surface area contributed by atoms with Crippen LogP contribution in [0.3, 0.4) is 0 Å². The summed E-state index contributed by atoms with van der Waals surface area (Å²) in [5.41, 5.74) is 0.514. The van der Waals surface area contributed by atoms with E-state index in [9.17, 15) is 4.39 Å². The fourth-order valence-electron chi connectivity index (χ4n) is 0.887. The molecule has 0 unspecified atom stereocenters. The lowest BCUT2D eigenvalue weighted by molar-refractivity contribution is 0.588. The molecule has 0 aliphatic carbocycles. The van der Waals surface area contributed by atoms with E-state index in [0.29, 0.717) is 16.0 Å². The standard InChI is InChI=1S/C7H5FN2/c8-7-5-3-1-2-4-6(5)9-10-7/h1-4H,(H,9,10)/i/hD. The van der Waals surface area contributed by atoms with Crippen LogP contribution in [0.2, 0.25) is 1.41 Å². The van der Waals surface area contributed by atoms with Gasteiger partial charge in [0.25, 0.3) is 0 Å². The molecule has 0 bridgehead atoms. The summed E-state index contributed by atoms with van der Waals surface area (Å²) < 4.78 is 19.8. The third-order valence-corrected chi connectivity index (χ3v) is 1.37. The first kappa shape index (κ1) is 4.44. The maximum Gasteiger partial charge on any atom is 0.216 e. The molecule has 0 atom stereocenters. The number of benzene rings is 1. The van der Waals surface area contributed by atoms with Gasteiger partial charge in [-0.15, -0.1) is 0 Å². The molecule has 2 nitrogen and oxygen atoms in total. The number of nitrogens with one attached hydrogen (secondary N) is 1. The lowest BCUT2D eigenvalue weighted by atomic mass is 10.3. The Morgan fingerprint density at radius 2 is 2.30 bits per heavy atom. The Morgan fingerprint density at radius 3 is 3.10 bits per heavy atom. The molecule has 1 heterocycles. The van der Waals surface area contributed by atoms with E-state index in [2.05, 4.69) is 5.10 Å². The van der Waals surface area contributed by atoms with Crippen LogP contribution in [0.1, 0.15) is 0 Å². The molecule has 0 saturated heterocycles. The van der Waals surface area contributed by atoms with E-state index < -0.39 is 5.95 Å². The molecule has 0 spiro atoms. The van der Waals surface area contributed by atoms with Crippen molar-refractivity contribution in [1.29, 1.82) is 0 Å². The highest BCUT2D eigenvalue weighted by atomic mass is 19.1. The molecule has 0 fully saturated rings. The largest absolute Gasteiger partial charge is 0.252 e. The van der Waals surface area contributed by atoms with Crippen LogP contribution in [-0.4, -0.2) is 10.2 Å². The van der Waals surface area contributed by atoms with E-state index in [1.165, 1.54) is 0 Å². The first-order valence-corrected chi connectivity index (χ1v) is 2.91. The Balaban J connectivity index is 2.92. The van der Waals surface area contributed by atoms with Crippen LogP contribution in [0.4, 0.5) is 4.39 Å². The molecule has 1 aromatic heterocycles. The predicted molar refractivity (Wildman–Crippen MR) is 36.1 cm³/mol. The SMILES string of the molecule is [2H]n1nc2ccccc2c1F. The van der Waals surface area contributed by atoms with Gasteiger partial charge in [-0.1, -0.05) is 12.1 Å². The van der Waals surface area contributed by atoms with Crippen molar-refractivity contribution in [3.8, 4) is 0 Å². The summed E-state index contributed by atoms with van der Waals surface area (Å²) in [5.74, 6) is -0.611. The molecule has 0 amide bonds. The predicted octanol–water partition coefficient (Wildman–Crippen LogP) is 1.70. The molecule has 10 heavy (non-hydrogen) atoms. The van der Waals surface area contributed by atoms with Crippen LogP contribution < -0.4 is 0 Å². The quantitative estimate of drug-likeness (QED) is 0.588. The Bertz CT molecular complexity index is 396. The molecule has 0 saturated carbocycles. The molecule has 0 aliphatic heterocycles. The number of aromatic nitrogens is 2. The summed E-state index contributed by atoms with van der Waals surface area (Å²) in [6.07, 6.45) is 0. The van der Waals surface area contributed by atoms with Gasteiger partial charge in [0.05, 0.1) is 10.9 Å². The number of halogens is 1. The van der Waals surface area contributed by atoms with Crippen molar-refractivity contribution in [1.82, 2.24) is 10.2 Å². The van der Waals surface area contributed by atoms with E-state index in [1.807, 2.05) is 0 Å². The van der Waals surface area contributed by atoms with E-state index in [4.69, 9.17) is 1.41 Å². The molecule has 1 aromatic carbocycles. The first-order valence-electron chi connectivity index (χ1n) is 3.36. The number of H-pyrrole nitrogens is 1. The zero-order valence-corrected chi connectivity index (χ0v) is 5.08. The maximum absolute atomic E-state index is 12.9. The van der Waals surface area contributed by atoms with Gasteiger partial charge in [0, 0.05) is 0 Å². The summed E-state index contributed by atoms with van der Waals surface area (Å²) in [5, 5.41) is 4.50. The number of hydrogen-bond acceptors (Lipinski definition) is 1. The van der Waals surface area contributed by atoms with Crippen LogP contribution in [-0.2, 0) is 0 Å². The smallest absolute Gasteiger partial charge is 0.216 e. The Kier molecular flexibility index (Phi) is 0.799. The number of nitrogens with zero attached hydrogens (tertiary/aromatic N) is 1. The lowest BCUT2D eigenvalue weighted by Gasteiger charge is -1.81. The Morgan fingerprint density at radius 1 is 1.50 bits per heavy atom. The second-order valence-corrected chi connectivity index (χ2v) is 2.01. The molecule has 0 aliphatic rings. The number of para-hydroxylation sites is 1. The van der Waals surface area contributed by atoms with Crippen LogP contribution in [0.5, 0.6) is 0 Å². The summed E-state index contributed by atoms with van der Waals surface area (Å²) in [7, 11) is 0. The fraction of sp³-hybridized carbons (Fsp3) is 0. The van der Waals surface area contributed by atoms with Crippen molar-refractivity contribution in [3.05, 3.63) is 30.2 Å². The zero-order valence-electron chi connectivity index (χ0n) is 6.08. The molecule has 1 N–H and O–H groups in total. The number of hydrogen-bond donors (Lipinski definition) is 1. The van der Waals surface area contributed by atoms with Gasteiger partial charge in [-0.25, -0.2) is 0 Å². The van der Waals surface area contributed by atoms with Crippen molar-refractivity contribution in [2.75, 3.05) is 0 Å². The van der Waals surface area contributed by atoms with E-state index >= 15 is 0 Å². The molecule has 2 rings (SSSR count). The summed E-state index contributed by atoms with van der Waals surface area (Å²) in [6.45, 7) is 0. The van der Waals surface area contributed by atoms with Gasteiger partial charge in [0.1, 0.15) is 0 Å². The van der Waals surface area contributed by atoms with Crippen molar-refractivity contribution in [2.45, 2.75) is 0 Å². The maximum atomic E-state index is 12.9. The van der Waals surface area contributed by atoms with Crippen molar-refractivity contribution in [3.63, 3.8) is 0 Å². The average Bonchev–Trinajstić information content (AvgIpc) is 2.30. The van der Waals surface area contributed by atoms with Gasteiger partial charge in [0.15, 0.2) is 1.41 Å². The highest BCUT2D eigenvalue weighted by molar-refractivity contribution is 5.78. The molecule has 0 radical (unpaired) electrons. The molecule has 3 heteroatoms. The van der Waals surface area contributed by atoms with Gasteiger partial charge in [-0.2, -0.15) is 9.49 Å². The lowest BCUT2D eigenvalue weighted by Crippen LogP contribution is -1.69. The van der Waals surface area contributed by atoms with Gasteiger partial charge in [-0.05, 0) is 12.1 Å². The van der Waals surface area contributed by atoms with E-state index in [0.717, 1.165) is 0 Å². The molecule has 50 valence electrons. The summed E-state index contributed by atoms with van der Waals surface area (Å²) in [6, 6.07) is 6.74. The molecular weight excluding hydrogens is 131 g/mol. The minimum atomic E-state index is -0.611. The van der Waals surface area contributed by atoms with Gasteiger partial charge in [0.2, 0.25) is 5.95 Å². The minimum absolute atomic E-state index is 0.391. The molecular formula is C7H5FN2. The van der Waals surface area contributed by atoms with Crippen LogP contribution in [0.15, 0.2) is 24.3 Å². The second kappa shape index (κ2) is 1.80. The number of rotatable bonds is 0. The van der Waals surface area contributed by atoms with Crippen LogP contribution >= 0.6 is 0 Å².